The number of rotatable bonds is 6. The molecule has 6 nitrogen and oxygen atoms in total. The summed E-state index contributed by atoms with van der Waals surface area (Å²) in [6, 6.07) is 1.41. The van der Waals surface area contributed by atoms with Gasteiger partial charge in [0.25, 0.3) is 0 Å². The third-order valence-corrected chi connectivity index (χ3v) is 3.29. The summed E-state index contributed by atoms with van der Waals surface area (Å²) in [7, 11) is 0. The van der Waals surface area contributed by atoms with E-state index in [1.807, 2.05) is 23.8 Å². The summed E-state index contributed by atoms with van der Waals surface area (Å²) in [5.41, 5.74) is -0.830. The van der Waals surface area contributed by atoms with Crippen molar-refractivity contribution < 1.29 is 19.8 Å². The predicted molar refractivity (Wildman–Crippen MR) is 72.3 cm³/mol. The predicted octanol–water partition coefficient (Wildman–Crippen LogP) is 0.814. The highest BCUT2D eigenvalue weighted by atomic mass is 32.1. The summed E-state index contributed by atoms with van der Waals surface area (Å²) < 4.78 is 0. The van der Waals surface area contributed by atoms with Crippen LogP contribution in [0.25, 0.3) is 0 Å². The minimum Gasteiger partial charge on any atom is -0.479 e. The zero-order chi connectivity index (χ0) is 14.5. The molecule has 4 N–H and O–H groups in total. The summed E-state index contributed by atoms with van der Waals surface area (Å²) in [6.45, 7) is 2.64. The molecule has 2 amide bonds. The molecule has 0 aliphatic heterocycles. The highest BCUT2D eigenvalue weighted by molar-refractivity contribution is 7.07. The first-order valence-electron chi connectivity index (χ1n) is 5.82. The van der Waals surface area contributed by atoms with Crippen molar-refractivity contribution in [1.82, 2.24) is 10.6 Å². The number of carboxylic acid groups (broad SMARTS) is 1. The maximum atomic E-state index is 11.5. The molecule has 7 heteroatoms. The second-order valence-corrected chi connectivity index (χ2v) is 5.42. The van der Waals surface area contributed by atoms with Crippen LogP contribution < -0.4 is 10.6 Å². The van der Waals surface area contributed by atoms with Crippen molar-refractivity contribution >= 4 is 23.3 Å². The Bertz CT molecular complexity index is 431. The van der Waals surface area contributed by atoms with E-state index in [1.54, 1.807) is 11.3 Å². The molecule has 19 heavy (non-hydrogen) atoms. The standard InChI is InChI=1S/C12H18N2O4S/c1-8(5-9-3-4-19-6-9)14-11(17)13-7-12(2,18)10(15)16/h3-4,6,8,18H,5,7H2,1-2H3,(H,15,16)(H2,13,14,17). The minimum atomic E-state index is -1.96. The van der Waals surface area contributed by atoms with Gasteiger partial charge in [0.15, 0.2) is 5.60 Å². The Kier molecular flexibility index (Phi) is 5.31. The van der Waals surface area contributed by atoms with Crippen molar-refractivity contribution in [1.29, 1.82) is 0 Å². The number of carbonyl (C=O) groups excluding carboxylic acids is 1. The highest BCUT2D eigenvalue weighted by Crippen LogP contribution is 2.08. The van der Waals surface area contributed by atoms with Crippen LogP contribution in [0.1, 0.15) is 19.4 Å². The lowest BCUT2D eigenvalue weighted by Crippen LogP contribution is -2.50. The first-order valence-corrected chi connectivity index (χ1v) is 6.77. The second kappa shape index (κ2) is 6.53. The molecule has 2 atom stereocenters. The van der Waals surface area contributed by atoms with Gasteiger partial charge in [0.05, 0.1) is 6.54 Å². The molecule has 0 aromatic carbocycles. The number of aliphatic carboxylic acids is 1. The van der Waals surface area contributed by atoms with Crippen molar-refractivity contribution in [2.75, 3.05) is 6.54 Å². The molecule has 1 aromatic rings. The molecule has 106 valence electrons. The Morgan fingerprint density at radius 1 is 1.53 bits per heavy atom. The number of hydrogen-bond donors (Lipinski definition) is 4. The molecule has 0 spiro atoms. The van der Waals surface area contributed by atoms with E-state index in [1.165, 1.54) is 0 Å². The van der Waals surface area contributed by atoms with Crippen LogP contribution in [0, 0.1) is 0 Å². The van der Waals surface area contributed by atoms with Crippen molar-refractivity contribution in [3.8, 4) is 0 Å². The van der Waals surface area contributed by atoms with Gasteiger partial charge in [-0.1, -0.05) is 0 Å². The van der Waals surface area contributed by atoms with E-state index in [2.05, 4.69) is 10.6 Å². The number of hydrogen-bond acceptors (Lipinski definition) is 4. The Labute approximate surface area is 115 Å². The number of thiophene rings is 1. The van der Waals surface area contributed by atoms with Crippen LogP contribution in [0.2, 0.25) is 0 Å². The molecule has 0 radical (unpaired) electrons. The van der Waals surface area contributed by atoms with Gasteiger partial charge < -0.3 is 20.8 Å². The number of carbonyl (C=O) groups is 2. The van der Waals surface area contributed by atoms with E-state index >= 15 is 0 Å². The first-order chi connectivity index (χ1) is 8.81. The Morgan fingerprint density at radius 3 is 2.74 bits per heavy atom. The normalized spacial score (nSPS) is 15.3. The van der Waals surface area contributed by atoms with Gasteiger partial charge in [0.2, 0.25) is 0 Å². The minimum absolute atomic E-state index is 0.0793. The first kappa shape index (κ1) is 15.5. The Morgan fingerprint density at radius 2 is 2.21 bits per heavy atom. The Hall–Kier alpha value is -1.60. The van der Waals surface area contributed by atoms with E-state index in [9.17, 15) is 14.7 Å². The van der Waals surface area contributed by atoms with Gasteiger partial charge in [-0.25, -0.2) is 9.59 Å². The summed E-state index contributed by atoms with van der Waals surface area (Å²) in [5.74, 6) is -1.38. The molecular weight excluding hydrogens is 268 g/mol. The molecule has 2 unspecified atom stereocenters. The molecule has 0 saturated heterocycles. The van der Waals surface area contributed by atoms with Gasteiger partial charge in [-0.05, 0) is 42.7 Å². The van der Waals surface area contributed by atoms with Crippen LogP contribution in [0.15, 0.2) is 16.8 Å². The molecule has 0 aliphatic rings. The van der Waals surface area contributed by atoms with Gasteiger partial charge in [-0.3, -0.25) is 0 Å². The van der Waals surface area contributed by atoms with E-state index in [0.717, 1.165) is 12.5 Å². The molecule has 0 bridgehead atoms. The van der Waals surface area contributed by atoms with Crippen LogP contribution >= 0.6 is 11.3 Å². The van der Waals surface area contributed by atoms with Crippen LogP contribution in [0.4, 0.5) is 4.79 Å². The number of amides is 2. The maximum absolute atomic E-state index is 11.5. The summed E-state index contributed by atoms with van der Waals surface area (Å²) in [4.78, 5) is 22.2. The monoisotopic (exact) mass is 286 g/mol. The smallest absolute Gasteiger partial charge is 0.337 e. The van der Waals surface area contributed by atoms with Crippen LogP contribution in [-0.2, 0) is 11.2 Å². The number of urea groups is 1. The third-order valence-electron chi connectivity index (χ3n) is 2.55. The third kappa shape index (κ3) is 5.27. The van der Waals surface area contributed by atoms with Gasteiger partial charge in [-0.15, -0.1) is 0 Å². The van der Waals surface area contributed by atoms with E-state index in [4.69, 9.17) is 5.11 Å². The lowest BCUT2D eigenvalue weighted by Gasteiger charge is -2.20. The average molecular weight is 286 g/mol. The van der Waals surface area contributed by atoms with Gasteiger partial charge >= 0.3 is 12.0 Å². The van der Waals surface area contributed by atoms with Gasteiger partial charge in [0.1, 0.15) is 0 Å². The summed E-state index contributed by atoms with van der Waals surface area (Å²) in [6.07, 6.45) is 0.701. The fourth-order valence-corrected chi connectivity index (χ4v) is 2.10. The molecule has 0 aliphatic carbocycles. The van der Waals surface area contributed by atoms with Crippen molar-refractivity contribution in [2.24, 2.45) is 0 Å². The number of nitrogens with one attached hydrogen (secondary N) is 2. The van der Waals surface area contributed by atoms with E-state index in [0.29, 0.717) is 6.42 Å². The van der Waals surface area contributed by atoms with E-state index < -0.39 is 17.6 Å². The zero-order valence-corrected chi connectivity index (χ0v) is 11.7. The maximum Gasteiger partial charge on any atom is 0.337 e. The lowest BCUT2D eigenvalue weighted by molar-refractivity contribution is -0.155. The molecule has 1 heterocycles. The number of carboxylic acids is 1. The number of aliphatic hydroxyl groups is 1. The van der Waals surface area contributed by atoms with Crippen LogP contribution in [-0.4, -0.2) is 40.4 Å². The topological polar surface area (TPSA) is 98.7 Å². The average Bonchev–Trinajstić information content (AvgIpc) is 2.78. The molecule has 0 saturated carbocycles. The Balaban J connectivity index is 2.33. The summed E-state index contributed by atoms with van der Waals surface area (Å²) in [5, 5.41) is 27.1. The van der Waals surface area contributed by atoms with Crippen molar-refractivity contribution in [2.45, 2.75) is 31.9 Å². The fourth-order valence-electron chi connectivity index (χ4n) is 1.42. The molecular formula is C12H18N2O4S. The van der Waals surface area contributed by atoms with Crippen LogP contribution in [0.3, 0.4) is 0 Å². The van der Waals surface area contributed by atoms with Crippen molar-refractivity contribution in [3.63, 3.8) is 0 Å². The molecule has 0 fully saturated rings. The quantitative estimate of drug-likeness (QED) is 0.622. The fraction of sp³-hybridized carbons (Fsp3) is 0.500. The molecule has 1 aromatic heterocycles. The largest absolute Gasteiger partial charge is 0.479 e. The second-order valence-electron chi connectivity index (χ2n) is 4.64. The van der Waals surface area contributed by atoms with Gasteiger partial charge in [-0.2, -0.15) is 11.3 Å². The van der Waals surface area contributed by atoms with Gasteiger partial charge in [0, 0.05) is 6.04 Å². The molecule has 1 rings (SSSR count). The van der Waals surface area contributed by atoms with Crippen molar-refractivity contribution in [3.05, 3.63) is 22.4 Å². The van der Waals surface area contributed by atoms with Crippen LogP contribution in [0.5, 0.6) is 0 Å². The SMILES string of the molecule is CC(Cc1ccsc1)NC(=O)NCC(C)(O)C(=O)O. The zero-order valence-electron chi connectivity index (χ0n) is 10.8. The highest BCUT2D eigenvalue weighted by Gasteiger charge is 2.30. The summed E-state index contributed by atoms with van der Waals surface area (Å²) >= 11 is 1.59. The lowest BCUT2D eigenvalue weighted by atomic mass is 10.1. The van der Waals surface area contributed by atoms with E-state index in [-0.39, 0.29) is 12.6 Å².